The number of ether oxygens (including phenoxy) is 1. The van der Waals surface area contributed by atoms with Gasteiger partial charge in [-0.1, -0.05) is 6.92 Å². The zero-order valence-corrected chi connectivity index (χ0v) is 12.7. The van der Waals surface area contributed by atoms with Crippen LogP contribution < -0.4 is 5.32 Å². The summed E-state index contributed by atoms with van der Waals surface area (Å²) in [6, 6.07) is -0.854. The Morgan fingerprint density at radius 1 is 1.29 bits per heavy atom. The molecule has 0 spiro atoms. The Hall–Kier alpha value is -1.76. The first-order valence-corrected chi connectivity index (χ1v) is 6.96. The van der Waals surface area contributed by atoms with Gasteiger partial charge in [0.25, 0.3) is 0 Å². The molecule has 2 atom stereocenters. The summed E-state index contributed by atoms with van der Waals surface area (Å²) < 4.78 is 5.06. The van der Waals surface area contributed by atoms with Crippen LogP contribution in [0.2, 0.25) is 0 Å². The van der Waals surface area contributed by atoms with Gasteiger partial charge in [-0.25, -0.2) is 4.79 Å². The van der Waals surface area contributed by atoms with Crippen LogP contribution in [0.25, 0.3) is 0 Å². The molecule has 7 nitrogen and oxygen atoms in total. The highest BCUT2D eigenvalue weighted by Crippen LogP contribution is 2.07. The number of aliphatic hydroxyl groups is 1. The van der Waals surface area contributed by atoms with Crippen LogP contribution in [0.1, 0.15) is 40.0 Å². The van der Waals surface area contributed by atoms with Gasteiger partial charge in [0.2, 0.25) is 5.91 Å². The largest absolute Gasteiger partial charge is 0.461 e. The molecular formula is C14H24N2O5. The predicted molar refractivity (Wildman–Crippen MR) is 77.1 cm³/mol. The number of ketones is 1. The van der Waals surface area contributed by atoms with Crippen molar-refractivity contribution in [2.75, 3.05) is 6.61 Å². The summed E-state index contributed by atoms with van der Waals surface area (Å²) in [4.78, 5) is 34.7. The highest BCUT2D eigenvalue weighted by molar-refractivity contribution is 6.26. The standard InChI is InChI=1S/C14H24N2O5/c1-9(2)21-14(20)12(6-4-5-11(18)7-15)16-13(19)10(3)8-17/h7,9-10,12,15,17H,4-6,8H2,1-3H3,(H,16,19)/t10-,12+/m1/s1. The molecule has 3 N–H and O–H groups in total. The van der Waals surface area contributed by atoms with Crippen LogP contribution in [0.4, 0.5) is 0 Å². The van der Waals surface area contributed by atoms with Gasteiger partial charge in [-0.2, -0.15) is 0 Å². The molecule has 0 rings (SSSR count). The molecule has 0 unspecified atom stereocenters. The van der Waals surface area contributed by atoms with E-state index in [-0.39, 0.29) is 31.3 Å². The van der Waals surface area contributed by atoms with Crippen LogP contribution in [0.5, 0.6) is 0 Å². The van der Waals surface area contributed by atoms with Gasteiger partial charge < -0.3 is 20.6 Å². The molecule has 0 radical (unpaired) electrons. The molecule has 0 heterocycles. The zero-order valence-electron chi connectivity index (χ0n) is 12.7. The molecule has 120 valence electrons. The summed E-state index contributed by atoms with van der Waals surface area (Å²) in [5, 5.41) is 18.3. The van der Waals surface area contributed by atoms with Crippen molar-refractivity contribution in [3.63, 3.8) is 0 Å². The number of carbonyl (C=O) groups excluding carboxylic acids is 3. The molecule has 0 aliphatic heterocycles. The van der Waals surface area contributed by atoms with Crippen LogP contribution in [-0.4, -0.2) is 47.7 Å². The van der Waals surface area contributed by atoms with Gasteiger partial charge in [-0.05, 0) is 26.7 Å². The molecule has 0 aromatic heterocycles. The van der Waals surface area contributed by atoms with E-state index in [9.17, 15) is 14.4 Å². The van der Waals surface area contributed by atoms with Crippen LogP contribution in [0.15, 0.2) is 0 Å². The summed E-state index contributed by atoms with van der Waals surface area (Å²) in [5.74, 6) is -1.96. The van der Waals surface area contributed by atoms with Crippen LogP contribution in [0, 0.1) is 11.3 Å². The zero-order chi connectivity index (χ0) is 16.4. The Labute approximate surface area is 124 Å². The minimum Gasteiger partial charge on any atom is -0.461 e. The average Bonchev–Trinajstić information content (AvgIpc) is 2.43. The van der Waals surface area contributed by atoms with Gasteiger partial charge in [0.05, 0.1) is 24.8 Å². The minimum absolute atomic E-state index is 0.139. The van der Waals surface area contributed by atoms with Crippen molar-refractivity contribution < 1.29 is 24.2 Å². The van der Waals surface area contributed by atoms with Crippen molar-refractivity contribution in [2.45, 2.75) is 52.2 Å². The molecule has 0 bridgehead atoms. The fourth-order valence-electron chi connectivity index (χ4n) is 1.51. The number of hydrogen-bond donors (Lipinski definition) is 3. The summed E-state index contributed by atoms with van der Waals surface area (Å²) in [6.07, 6.45) is 1.17. The first kappa shape index (κ1) is 19.2. The number of amides is 1. The van der Waals surface area contributed by atoms with Crippen LogP contribution in [-0.2, 0) is 19.1 Å². The summed E-state index contributed by atoms with van der Waals surface area (Å²) in [7, 11) is 0. The number of Topliss-reactive ketones (excluding diaryl/α,β-unsaturated/α-hetero) is 1. The smallest absolute Gasteiger partial charge is 0.328 e. The number of hydrogen-bond acceptors (Lipinski definition) is 6. The van der Waals surface area contributed by atoms with Crippen molar-refractivity contribution in [1.82, 2.24) is 5.32 Å². The van der Waals surface area contributed by atoms with E-state index in [1.807, 2.05) is 0 Å². The molecule has 1 amide bonds. The first-order valence-electron chi connectivity index (χ1n) is 6.96. The lowest BCUT2D eigenvalue weighted by Gasteiger charge is -2.20. The maximum absolute atomic E-state index is 11.9. The van der Waals surface area contributed by atoms with Crippen molar-refractivity contribution in [1.29, 1.82) is 5.41 Å². The van der Waals surface area contributed by atoms with Crippen LogP contribution in [0.3, 0.4) is 0 Å². The number of carbonyl (C=O) groups is 3. The van der Waals surface area contributed by atoms with Gasteiger partial charge in [0.15, 0.2) is 5.78 Å². The van der Waals surface area contributed by atoms with E-state index in [2.05, 4.69) is 5.32 Å². The van der Waals surface area contributed by atoms with E-state index in [1.165, 1.54) is 0 Å². The van der Waals surface area contributed by atoms with E-state index in [0.29, 0.717) is 6.42 Å². The van der Waals surface area contributed by atoms with E-state index < -0.39 is 23.8 Å². The maximum Gasteiger partial charge on any atom is 0.328 e. The molecule has 0 fully saturated rings. The second-order valence-electron chi connectivity index (χ2n) is 5.13. The van der Waals surface area contributed by atoms with Gasteiger partial charge in [0.1, 0.15) is 6.04 Å². The first-order chi connectivity index (χ1) is 9.81. The SMILES string of the molecule is CC(C)OC(=O)[C@H](CCCC(=O)C=N)NC(=O)[C@H](C)CO. The Morgan fingerprint density at radius 3 is 2.38 bits per heavy atom. The van der Waals surface area contributed by atoms with Gasteiger partial charge in [-0.3, -0.25) is 9.59 Å². The van der Waals surface area contributed by atoms with Gasteiger partial charge in [0, 0.05) is 6.42 Å². The van der Waals surface area contributed by atoms with Crippen LogP contribution >= 0.6 is 0 Å². The number of esters is 1. The molecular weight excluding hydrogens is 276 g/mol. The van der Waals surface area contributed by atoms with Gasteiger partial charge >= 0.3 is 5.97 Å². The average molecular weight is 300 g/mol. The third kappa shape index (κ3) is 8.19. The second kappa shape index (κ2) is 10.0. The molecule has 0 aromatic rings. The fraction of sp³-hybridized carbons (Fsp3) is 0.714. The molecule has 0 saturated carbocycles. The number of rotatable bonds is 10. The monoisotopic (exact) mass is 300 g/mol. The summed E-state index contributed by atoms with van der Waals surface area (Å²) >= 11 is 0. The normalized spacial score (nSPS) is 13.4. The van der Waals surface area contributed by atoms with E-state index in [0.717, 1.165) is 6.21 Å². The topological polar surface area (TPSA) is 117 Å². The lowest BCUT2D eigenvalue weighted by molar-refractivity contribution is -0.152. The molecule has 21 heavy (non-hydrogen) atoms. The van der Waals surface area contributed by atoms with E-state index in [4.69, 9.17) is 15.3 Å². The van der Waals surface area contributed by atoms with Crippen molar-refractivity contribution in [3.05, 3.63) is 0 Å². The van der Waals surface area contributed by atoms with Crippen molar-refractivity contribution in [3.8, 4) is 0 Å². The molecule has 0 aliphatic rings. The predicted octanol–water partition coefficient (Wildman–Crippen LogP) is 0.440. The highest BCUT2D eigenvalue weighted by Gasteiger charge is 2.25. The minimum atomic E-state index is -0.854. The van der Waals surface area contributed by atoms with E-state index in [1.54, 1.807) is 20.8 Å². The lowest BCUT2D eigenvalue weighted by atomic mass is 10.1. The third-order valence-corrected chi connectivity index (χ3v) is 2.75. The number of aliphatic hydroxyl groups excluding tert-OH is 1. The molecule has 0 saturated heterocycles. The van der Waals surface area contributed by atoms with Crippen molar-refractivity contribution >= 4 is 23.9 Å². The Morgan fingerprint density at radius 2 is 1.90 bits per heavy atom. The molecule has 0 aliphatic carbocycles. The quantitative estimate of drug-likeness (QED) is 0.400. The highest BCUT2D eigenvalue weighted by atomic mass is 16.5. The third-order valence-electron chi connectivity index (χ3n) is 2.75. The Kier molecular flexibility index (Phi) is 9.20. The molecule has 0 aromatic carbocycles. The summed E-state index contributed by atoms with van der Waals surface area (Å²) in [5.41, 5.74) is 0. The number of nitrogens with one attached hydrogen (secondary N) is 2. The summed E-state index contributed by atoms with van der Waals surface area (Å²) in [6.45, 7) is 4.63. The Bertz CT molecular complexity index is 382. The second-order valence-corrected chi connectivity index (χ2v) is 5.13. The molecule has 7 heteroatoms. The van der Waals surface area contributed by atoms with E-state index >= 15 is 0 Å². The van der Waals surface area contributed by atoms with Crippen molar-refractivity contribution in [2.24, 2.45) is 5.92 Å². The fourth-order valence-corrected chi connectivity index (χ4v) is 1.51. The van der Waals surface area contributed by atoms with Gasteiger partial charge in [-0.15, -0.1) is 0 Å². The maximum atomic E-state index is 11.9. The Balaban J connectivity index is 4.60. The lowest BCUT2D eigenvalue weighted by Crippen LogP contribution is -2.45.